The van der Waals surface area contributed by atoms with E-state index in [4.69, 9.17) is 4.98 Å². The third-order valence-corrected chi connectivity index (χ3v) is 4.63. The highest BCUT2D eigenvalue weighted by atomic mass is 32.2. The molecule has 0 amide bonds. The lowest BCUT2D eigenvalue weighted by Crippen LogP contribution is -2.00. The fourth-order valence-electron chi connectivity index (χ4n) is 2.35. The summed E-state index contributed by atoms with van der Waals surface area (Å²) in [6.07, 6.45) is 0. The summed E-state index contributed by atoms with van der Waals surface area (Å²) >= 11 is 1.41. The van der Waals surface area contributed by atoms with Gasteiger partial charge in [-0.05, 0) is 60.3 Å². The fraction of sp³-hybridized carbons (Fsp3) is 0.118. The largest absolute Gasteiger partial charge is 0.249 e. The molecule has 0 saturated heterocycles. The zero-order chi connectivity index (χ0) is 16.5. The van der Waals surface area contributed by atoms with E-state index < -0.39 is 0 Å². The van der Waals surface area contributed by atoms with Crippen LogP contribution >= 0.6 is 11.8 Å². The van der Waals surface area contributed by atoms with E-state index in [1.165, 1.54) is 17.3 Å². The van der Waals surface area contributed by atoms with Crippen LogP contribution in [0.15, 0.2) is 58.7 Å². The van der Waals surface area contributed by atoms with Gasteiger partial charge in [0, 0.05) is 0 Å². The van der Waals surface area contributed by atoms with E-state index in [1.807, 2.05) is 62.4 Å². The van der Waals surface area contributed by atoms with Crippen LogP contribution in [0.1, 0.15) is 11.3 Å². The number of hydrogen-bond donors (Lipinski definition) is 0. The molecule has 0 N–H and O–H groups in total. The van der Waals surface area contributed by atoms with Crippen molar-refractivity contribution in [3.63, 3.8) is 0 Å². The van der Waals surface area contributed by atoms with E-state index in [2.05, 4.69) is 20.5 Å². The van der Waals surface area contributed by atoms with Gasteiger partial charge < -0.3 is 0 Å². The van der Waals surface area contributed by atoms with Crippen molar-refractivity contribution in [1.29, 1.82) is 0 Å². The van der Waals surface area contributed by atoms with Gasteiger partial charge in [-0.2, -0.15) is 4.68 Å². The number of para-hydroxylation sites is 2. The molecule has 0 aliphatic rings. The Morgan fingerprint density at radius 1 is 0.875 bits per heavy atom. The van der Waals surface area contributed by atoms with Gasteiger partial charge in [0.15, 0.2) is 0 Å². The van der Waals surface area contributed by atoms with Crippen LogP contribution < -0.4 is 0 Å². The summed E-state index contributed by atoms with van der Waals surface area (Å²) in [6.45, 7) is 3.99. The van der Waals surface area contributed by atoms with Crippen LogP contribution in [0.4, 0.5) is 0 Å². The van der Waals surface area contributed by atoms with Gasteiger partial charge in [-0.3, -0.25) is 0 Å². The number of fused-ring (bicyclic) bond motifs is 1. The Balaban J connectivity index is 1.73. The standard InChI is InChI=1S/C17H14N6S/c1-11-7-9-13(10-8-11)23-17(20-21-22-23)24-16-12(2)18-14-5-3-4-6-15(14)19-16/h3-10H,1-2H3. The third kappa shape index (κ3) is 2.74. The zero-order valence-corrected chi connectivity index (χ0v) is 14.0. The molecule has 4 rings (SSSR count). The van der Waals surface area contributed by atoms with Gasteiger partial charge in [0.2, 0.25) is 5.16 Å². The average Bonchev–Trinajstić information content (AvgIpc) is 3.04. The molecule has 24 heavy (non-hydrogen) atoms. The Morgan fingerprint density at radius 3 is 2.33 bits per heavy atom. The van der Waals surface area contributed by atoms with Crippen LogP contribution in [0, 0.1) is 13.8 Å². The van der Waals surface area contributed by atoms with Crippen LogP contribution in [-0.4, -0.2) is 30.2 Å². The lowest BCUT2D eigenvalue weighted by molar-refractivity contribution is 0.755. The summed E-state index contributed by atoms with van der Waals surface area (Å²) in [6, 6.07) is 15.9. The van der Waals surface area contributed by atoms with Crippen LogP contribution in [0.2, 0.25) is 0 Å². The molecule has 0 unspecified atom stereocenters. The molecule has 2 aromatic carbocycles. The van der Waals surface area contributed by atoms with Gasteiger partial charge >= 0.3 is 0 Å². The number of tetrazole rings is 1. The molecule has 0 aliphatic carbocycles. The Morgan fingerprint density at radius 2 is 1.58 bits per heavy atom. The normalized spacial score (nSPS) is 11.1. The quantitative estimate of drug-likeness (QED) is 0.572. The zero-order valence-electron chi connectivity index (χ0n) is 13.2. The highest BCUT2D eigenvalue weighted by molar-refractivity contribution is 7.99. The Bertz CT molecular complexity index is 1010. The van der Waals surface area contributed by atoms with Gasteiger partial charge in [-0.1, -0.05) is 29.8 Å². The summed E-state index contributed by atoms with van der Waals surface area (Å²) in [5, 5.41) is 13.5. The van der Waals surface area contributed by atoms with Gasteiger partial charge in [-0.25, -0.2) is 9.97 Å². The second-order valence-corrected chi connectivity index (χ2v) is 6.37. The van der Waals surface area contributed by atoms with Crippen molar-refractivity contribution in [3.05, 3.63) is 59.8 Å². The number of aromatic nitrogens is 6. The van der Waals surface area contributed by atoms with E-state index in [1.54, 1.807) is 4.68 Å². The number of rotatable bonds is 3. The topological polar surface area (TPSA) is 69.4 Å². The summed E-state index contributed by atoms with van der Waals surface area (Å²) in [5.74, 6) is 0. The number of aryl methyl sites for hydroxylation is 2. The Kier molecular flexibility index (Phi) is 3.70. The molecule has 0 radical (unpaired) electrons. The smallest absolute Gasteiger partial charge is 0.220 e. The minimum atomic E-state index is 0.659. The van der Waals surface area contributed by atoms with Crippen molar-refractivity contribution in [1.82, 2.24) is 30.2 Å². The van der Waals surface area contributed by atoms with Crippen molar-refractivity contribution in [2.45, 2.75) is 24.0 Å². The molecule has 6 nitrogen and oxygen atoms in total. The van der Waals surface area contributed by atoms with Crippen molar-refractivity contribution < 1.29 is 0 Å². The van der Waals surface area contributed by atoms with Gasteiger partial charge in [0.1, 0.15) is 5.03 Å². The summed E-state index contributed by atoms with van der Waals surface area (Å²) in [4.78, 5) is 9.30. The highest BCUT2D eigenvalue weighted by Gasteiger charge is 2.14. The van der Waals surface area contributed by atoms with Crippen molar-refractivity contribution in [2.75, 3.05) is 0 Å². The molecule has 0 aliphatic heterocycles. The monoisotopic (exact) mass is 334 g/mol. The average molecular weight is 334 g/mol. The molecular formula is C17H14N6S. The van der Waals surface area contributed by atoms with E-state index in [0.29, 0.717) is 5.16 Å². The molecule has 2 heterocycles. The maximum absolute atomic E-state index is 4.69. The van der Waals surface area contributed by atoms with Crippen molar-refractivity contribution >= 4 is 22.8 Å². The van der Waals surface area contributed by atoms with E-state index in [0.717, 1.165) is 27.4 Å². The summed E-state index contributed by atoms with van der Waals surface area (Å²) in [5.41, 5.74) is 4.71. The molecule has 2 aromatic heterocycles. The summed E-state index contributed by atoms with van der Waals surface area (Å²) < 4.78 is 1.71. The molecule has 0 spiro atoms. The van der Waals surface area contributed by atoms with Crippen molar-refractivity contribution in [2.24, 2.45) is 0 Å². The molecule has 0 bridgehead atoms. The molecule has 0 saturated carbocycles. The maximum Gasteiger partial charge on any atom is 0.220 e. The molecule has 118 valence electrons. The van der Waals surface area contributed by atoms with Gasteiger partial charge in [0.05, 0.1) is 22.4 Å². The lowest BCUT2D eigenvalue weighted by Gasteiger charge is -2.07. The summed E-state index contributed by atoms with van der Waals surface area (Å²) in [7, 11) is 0. The lowest BCUT2D eigenvalue weighted by atomic mass is 10.2. The Labute approximate surface area is 143 Å². The molecule has 0 fully saturated rings. The maximum atomic E-state index is 4.69. The molecule has 4 aromatic rings. The number of benzene rings is 2. The molecule has 7 heteroatoms. The minimum absolute atomic E-state index is 0.659. The van der Waals surface area contributed by atoms with E-state index in [-0.39, 0.29) is 0 Å². The van der Waals surface area contributed by atoms with Crippen LogP contribution in [0.5, 0.6) is 0 Å². The first-order chi connectivity index (χ1) is 11.7. The predicted molar refractivity (Wildman–Crippen MR) is 92.3 cm³/mol. The van der Waals surface area contributed by atoms with Crippen molar-refractivity contribution in [3.8, 4) is 5.69 Å². The number of nitrogens with zero attached hydrogens (tertiary/aromatic N) is 6. The fourth-order valence-corrected chi connectivity index (χ4v) is 3.16. The minimum Gasteiger partial charge on any atom is -0.249 e. The second kappa shape index (κ2) is 6.01. The van der Waals surface area contributed by atoms with Crippen LogP contribution in [-0.2, 0) is 0 Å². The first-order valence-corrected chi connectivity index (χ1v) is 8.29. The third-order valence-electron chi connectivity index (χ3n) is 3.61. The first-order valence-electron chi connectivity index (χ1n) is 7.47. The van der Waals surface area contributed by atoms with E-state index in [9.17, 15) is 0 Å². The predicted octanol–water partition coefficient (Wildman–Crippen LogP) is 3.37. The van der Waals surface area contributed by atoms with Gasteiger partial charge in [0.25, 0.3) is 0 Å². The highest BCUT2D eigenvalue weighted by Crippen LogP contribution is 2.28. The van der Waals surface area contributed by atoms with Crippen LogP contribution in [0.25, 0.3) is 16.7 Å². The van der Waals surface area contributed by atoms with Gasteiger partial charge in [-0.15, -0.1) is 5.10 Å². The van der Waals surface area contributed by atoms with Crippen LogP contribution in [0.3, 0.4) is 0 Å². The number of hydrogen-bond acceptors (Lipinski definition) is 6. The van der Waals surface area contributed by atoms with E-state index >= 15 is 0 Å². The molecular weight excluding hydrogens is 320 g/mol. The molecule has 0 atom stereocenters. The Hall–Kier alpha value is -2.80. The second-order valence-electron chi connectivity index (χ2n) is 5.41. The first kappa shape index (κ1) is 14.8. The SMILES string of the molecule is Cc1ccc(-n2nnnc2Sc2nc3ccccc3nc2C)cc1.